The van der Waals surface area contributed by atoms with Gasteiger partial charge in [0, 0.05) is 0 Å². The molecule has 0 aliphatic heterocycles. The summed E-state index contributed by atoms with van der Waals surface area (Å²) in [6, 6.07) is 0. The molecule has 0 unspecified atom stereocenters. The quantitative estimate of drug-likeness (QED) is 0.321. The third kappa shape index (κ3) is 8.86. The zero-order chi connectivity index (χ0) is 0. The molecule has 0 rings (SSSR count). The van der Waals surface area contributed by atoms with Crippen molar-refractivity contribution >= 4 is 0 Å². The first-order valence-electron chi connectivity index (χ1n) is 0. The molecule has 0 heterocycles. The van der Waals surface area contributed by atoms with E-state index in [4.69, 9.17) is 0 Å². The molecule has 0 fully saturated rings. The Hall–Kier alpha value is 2.29. The number of halogens is 1. The first-order valence-corrected chi connectivity index (χ1v) is 0. The third-order valence-corrected chi connectivity index (χ3v) is 0. The van der Waals surface area contributed by atoms with Gasteiger partial charge in [0.1, 0.15) is 0 Å². The van der Waals surface area contributed by atoms with E-state index in [1.165, 1.54) is 0 Å². The van der Waals surface area contributed by atoms with E-state index in [-0.39, 0.29) is 75.2 Å². The second-order valence-electron chi connectivity index (χ2n) is 0. The smallest absolute Gasteiger partial charge is 0.235 e. The van der Waals surface area contributed by atoms with Crippen molar-refractivity contribution < 1.29 is 75.2 Å². The Morgan fingerprint density at radius 3 is 0.500 bits per heavy atom. The van der Waals surface area contributed by atoms with Crippen LogP contribution in [0.15, 0.2) is 0 Å². The van der Waals surface area contributed by atoms with Crippen molar-refractivity contribution in [1.29, 1.82) is 0 Å². The molecule has 4 heavy (non-hydrogen) atoms. The molecule has 0 aromatic carbocycles. The molecule has 0 N–H and O–H groups in total. The molecule has 0 radical (unpaired) electrons. The summed E-state index contributed by atoms with van der Waals surface area (Å²) in [5.41, 5.74) is 0. The molecular weight excluding hydrogens is 294 g/mol. The molecule has 0 saturated heterocycles. The van der Waals surface area contributed by atoms with Crippen molar-refractivity contribution in [2.45, 2.75) is 0 Å². The summed E-state index contributed by atoms with van der Waals surface area (Å²) in [5, 5.41) is 0. The first-order chi connectivity index (χ1) is 0. The summed E-state index contributed by atoms with van der Waals surface area (Å²) in [7, 11) is 0. The van der Waals surface area contributed by atoms with Gasteiger partial charge in [-0.3, -0.25) is 0 Å². The molecule has 0 aromatic rings. The van der Waals surface area contributed by atoms with Gasteiger partial charge >= 0.3 is 51.2 Å². The van der Waals surface area contributed by atoms with Gasteiger partial charge in [0.2, 0.25) is 24.0 Å². The van der Waals surface area contributed by atoms with Crippen molar-refractivity contribution in [2.75, 3.05) is 0 Å². The van der Waals surface area contributed by atoms with E-state index in [0.717, 1.165) is 0 Å². The summed E-state index contributed by atoms with van der Waals surface area (Å²) in [6.07, 6.45) is 0. The van der Waals surface area contributed by atoms with Crippen LogP contribution in [0.4, 0.5) is 0 Å². The maximum absolute atomic E-state index is 0. The third-order valence-electron chi connectivity index (χ3n) is 0. The second kappa shape index (κ2) is 18.6. The van der Waals surface area contributed by atoms with E-state index in [2.05, 4.69) is 0 Å². The van der Waals surface area contributed by atoms with Crippen LogP contribution in [0.5, 0.6) is 0 Å². The molecule has 0 amide bonds. The topological polar surface area (TPSA) is 0 Å². The van der Waals surface area contributed by atoms with Gasteiger partial charge in [0.25, 0.3) is 0 Å². The molecule has 26 valence electrons. The van der Waals surface area contributed by atoms with E-state index < -0.39 is 0 Å². The zero-order valence-corrected chi connectivity index (χ0v) is 7.37. The Kier molecular flexibility index (Phi) is 156. The summed E-state index contributed by atoms with van der Waals surface area (Å²) >= 11 is 0. The molecule has 0 aromatic heterocycles. The SMILES string of the molecule is [Fe+2].[Fe+2].[Fe+2].[IH2+]. The Labute approximate surface area is 74.3 Å². The van der Waals surface area contributed by atoms with E-state index in [9.17, 15) is 0 Å². The van der Waals surface area contributed by atoms with Gasteiger partial charge in [0.05, 0.1) is 0 Å². The van der Waals surface area contributed by atoms with Crippen molar-refractivity contribution in [3.63, 3.8) is 0 Å². The Morgan fingerprint density at radius 1 is 0.500 bits per heavy atom. The minimum atomic E-state index is 0. The molecule has 0 nitrogen and oxygen atoms in total. The van der Waals surface area contributed by atoms with Crippen LogP contribution in [0, 0.1) is 0 Å². The Morgan fingerprint density at radius 2 is 0.500 bits per heavy atom. The summed E-state index contributed by atoms with van der Waals surface area (Å²) in [5.74, 6) is 0. The summed E-state index contributed by atoms with van der Waals surface area (Å²) in [6.45, 7) is 0. The number of hydrogen-bond donors (Lipinski definition) is 0. The largest absolute Gasteiger partial charge is 2.00 e. The molecule has 0 bridgehead atoms. The molecule has 0 atom stereocenters. The van der Waals surface area contributed by atoms with Gasteiger partial charge in [-0.2, -0.15) is 0 Å². The van der Waals surface area contributed by atoms with Crippen LogP contribution >= 0.6 is 0 Å². The Balaban J connectivity index is 0. The van der Waals surface area contributed by atoms with Gasteiger partial charge in [-0.1, -0.05) is 0 Å². The molecule has 0 aliphatic rings. The maximum Gasteiger partial charge on any atom is 2.00 e. The standard InChI is InChI=1S/3Fe.H2I/h;;;1H2/q3*+2;+1. The minimum Gasteiger partial charge on any atom is 0.235 e. The van der Waals surface area contributed by atoms with Gasteiger partial charge < -0.3 is 0 Å². The van der Waals surface area contributed by atoms with Crippen molar-refractivity contribution in [1.82, 2.24) is 0 Å². The van der Waals surface area contributed by atoms with Crippen LogP contribution in [-0.2, 0) is 51.2 Å². The summed E-state index contributed by atoms with van der Waals surface area (Å²) in [4.78, 5) is 0. The molecule has 4 heteroatoms. The fraction of sp³-hybridized carbons (Fsp3) is 0. The van der Waals surface area contributed by atoms with Crippen LogP contribution in [0.2, 0.25) is 0 Å². The fourth-order valence-corrected chi connectivity index (χ4v) is 0. The van der Waals surface area contributed by atoms with E-state index >= 15 is 0 Å². The van der Waals surface area contributed by atoms with Crippen LogP contribution < -0.4 is 24.0 Å². The monoisotopic (exact) mass is 297 g/mol. The van der Waals surface area contributed by atoms with Crippen molar-refractivity contribution in [2.24, 2.45) is 0 Å². The molecular formula is H2Fe3I+7. The Bertz CT molecular complexity index is 3.25. The normalized spacial score (nSPS) is 0. The molecule has 0 aliphatic carbocycles. The van der Waals surface area contributed by atoms with Crippen molar-refractivity contribution in [3.05, 3.63) is 0 Å². The average Bonchev–Trinajstić information content (AvgIpc) is 0. The van der Waals surface area contributed by atoms with E-state index in [0.29, 0.717) is 0 Å². The molecule has 0 saturated carbocycles. The van der Waals surface area contributed by atoms with Gasteiger partial charge in [0.15, 0.2) is 0 Å². The number of rotatable bonds is 0. The van der Waals surface area contributed by atoms with Gasteiger partial charge in [-0.15, -0.1) is 0 Å². The van der Waals surface area contributed by atoms with Gasteiger partial charge in [-0.05, 0) is 0 Å². The average molecular weight is 296 g/mol. The fourth-order valence-electron chi connectivity index (χ4n) is 0. The zero-order valence-electron chi connectivity index (χ0n) is 1.51. The second-order valence-corrected chi connectivity index (χ2v) is 0. The van der Waals surface area contributed by atoms with Crippen molar-refractivity contribution in [3.8, 4) is 0 Å². The molecule has 0 spiro atoms. The van der Waals surface area contributed by atoms with E-state index in [1.54, 1.807) is 0 Å². The predicted octanol–water partition coefficient (Wildman–Crippen LogP) is -3.54. The minimum absolute atomic E-state index is 0. The van der Waals surface area contributed by atoms with Crippen LogP contribution in [0.25, 0.3) is 0 Å². The number of hydrogen-bond acceptors (Lipinski definition) is 0. The predicted molar refractivity (Wildman–Crippen MR) is 2.79 cm³/mol. The van der Waals surface area contributed by atoms with Crippen LogP contribution in [-0.4, -0.2) is 0 Å². The summed E-state index contributed by atoms with van der Waals surface area (Å²) < 4.78 is 0. The van der Waals surface area contributed by atoms with E-state index in [1.807, 2.05) is 0 Å². The van der Waals surface area contributed by atoms with Gasteiger partial charge in [-0.25, -0.2) is 0 Å². The van der Waals surface area contributed by atoms with Crippen LogP contribution in [0.1, 0.15) is 0 Å². The van der Waals surface area contributed by atoms with Crippen LogP contribution in [0.3, 0.4) is 0 Å². The first kappa shape index (κ1) is 33.6. The maximum atomic E-state index is 0.